The summed E-state index contributed by atoms with van der Waals surface area (Å²) >= 11 is 0. The number of pyridine rings is 1. The average molecular weight is 244 g/mol. The van der Waals surface area contributed by atoms with Crippen LogP contribution in [0.3, 0.4) is 0 Å². The van der Waals surface area contributed by atoms with E-state index in [1.54, 1.807) is 12.4 Å². The van der Waals surface area contributed by atoms with Gasteiger partial charge >= 0.3 is 0 Å². The minimum atomic E-state index is 0.373. The van der Waals surface area contributed by atoms with Crippen LogP contribution < -0.4 is 5.32 Å². The smallest absolute Gasteiger partial charge is 0.231 e. The SMILES string of the molecule is c1cc(Cc2noc([C@H]3CCCNC3)n2)ccn1. The van der Waals surface area contributed by atoms with E-state index in [1.165, 1.54) is 6.42 Å². The topological polar surface area (TPSA) is 63.8 Å². The molecule has 3 rings (SSSR count). The summed E-state index contributed by atoms with van der Waals surface area (Å²) in [6.45, 7) is 2.03. The van der Waals surface area contributed by atoms with Gasteiger partial charge in [-0.05, 0) is 37.1 Å². The predicted octanol–water partition coefficient (Wildman–Crippen LogP) is 1.52. The van der Waals surface area contributed by atoms with Crippen molar-refractivity contribution in [2.45, 2.75) is 25.2 Å². The van der Waals surface area contributed by atoms with Crippen LogP contribution >= 0.6 is 0 Å². The summed E-state index contributed by atoms with van der Waals surface area (Å²) in [6.07, 6.45) is 6.56. The van der Waals surface area contributed by atoms with Gasteiger partial charge in [-0.15, -0.1) is 0 Å². The van der Waals surface area contributed by atoms with Crippen LogP contribution in [0.2, 0.25) is 0 Å². The minimum Gasteiger partial charge on any atom is -0.339 e. The monoisotopic (exact) mass is 244 g/mol. The maximum Gasteiger partial charge on any atom is 0.231 e. The lowest BCUT2D eigenvalue weighted by molar-refractivity contribution is 0.320. The van der Waals surface area contributed by atoms with Crippen molar-refractivity contribution in [3.8, 4) is 0 Å². The highest BCUT2D eigenvalue weighted by Crippen LogP contribution is 2.21. The van der Waals surface area contributed by atoms with E-state index < -0.39 is 0 Å². The first kappa shape index (κ1) is 11.3. The fraction of sp³-hybridized carbons (Fsp3) is 0.462. The summed E-state index contributed by atoms with van der Waals surface area (Å²) in [5, 5.41) is 7.41. The van der Waals surface area contributed by atoms with Crippen molar-refractivity contribution in [3.63, 3.8) is 0 Å². The van der Waals surface area contributed by atoms with E-state index in [2.05, 4.69) is 20.4 Å². The molecule has 0 saturated carbocycles. The van der Waals surface area contributed by atoms with Crippen molar-refractivity contribution in [3.05, 3.63) is 41.8 Å². The van der Waals surface area contributed by atoms with Crippen LogP contribution in [0.15, 0.2) is 29.0 Å². The largest absolute Gasteiger partial charge is 0.339 e. The molecule has 1 N–H and O–H groups in total. The van der Waals surface area contributed by atoms with E-state index in [-0.39, 0.29) is 0 Å². The number of aromatic nitrogens is 3. The van der Waals surface area contributed by atoms with Crippen LogP contribution in [-0.2, 0) is 6.42 Å². The molecule has 0 spiro atoms. The van der Waals surface area contributed by atoms with Gasteiger partial charge in [-0.2, -0.15) is 4.98 Å². The summed E-state index contributed by atoms with van der Waals surface area (Å²) in [4.78, 5) is 8.48. The Morgan fingerprint density at radius 1 is 1.33 bits per heavy atom. The molecule has 2 aromatic rings. The number of rotatable bonds is 3. The Bertz CT molecular complexity index is 491. The second-order valence-corrected chi connectivity index (χ2v) is 4.62. The van der Waals surface area contributed by atoms with E-state index in [1.807, 2.05) is 12.1 Å². The van der Waals surface area contributed by atoms with E-state index in [0.717, 1.165) is 36.8 Å². The summed E-state index contributed by atoms with van der Waals surface area (Å²) in [5.74, 6) is 1.89. The van der Waals surface area contributed by atoms with Crippen molar-refractivity contribution in [2.75, 3.05) is 13.1 Å². The van der Waals surface area contributed by atoms with Crippen molar-refractivity contribution < 1.29 is 4.52 Å². The van der Waals surface area contributed by atoms with Crippen molar-refractivity contribution in [1.29, 1.82) is 0 Å². The maximum absolute atomic E-state index is 5.36. The van der Waals surface area contributed by atoms with Gasteiger partial charge < -0.3 is 9.84 Å². The van der Waals surface area contributed by atoms with Gasteiger partial charge in [0.15, 0.2) is 5.82 Å². The summed E-state index contributed by atoms with van der Waals surface area (Å²) < 4.78 is 5.36. The fourth-order valence-corrected chi connectivity index (χ4v) is 2.25. The molecule has 1 aliphatic heterocycles. The molecule has 1 fully saturated rings. The fourth-order valence-electron chi connectivity index (χ4n) is 2.25. The lowest BCUT2D eigenvalue weighted by atomic mass is 10.00. The Kier molecular flexibility index (Phi) is 3.32. The molecule has 1 atom stereocenters. The van der Waals surface area contributed by atoms with Gasteiger partial charge in [-0.25, -0.2) is 0 Å². The molecule has 0 aromatic carbocycles. The Morgan fingerprint density at radius 3 is 3.00 bits per heavy atom. The quantitative estimate of drug-likeness (QED) is 0.887. The van der Waals surface area contributed by atoms with E-state index in [4.69, 9.17) is 4.52 Å². The second-order valence-electron chi connectivity index (χ2n) is 4.62. The molecule has 94 valence electrons. The van der Waals surface area contributed by atoms with Crippen LogP contribution in [0.5, 0.6) is 0 Å². The molecule has 1 saturated heterocycles. The number of piperidine rings is 1. The predicted molar refractivity (Wildman–Crippen MR) is 66.2 cm³/mol. The molecule has 18 heavy (non-hydrogen) atoms. The van der Waals surface area contributed by atoms with Crippen LogP contribution in [0.25, 0.3) is 0 Å². The van der Waals surface area contributed by atoms with Gasteiger partial charge in [0, 0.05) is 25.4 Å². The lowest BCUT2D eigenvalue weighted by Gasteiger charge is -2.18. The first-order valence-corrected chi connectivity index (χ1v) is 6.34. The first-order chi connectivity index (χ1) is 8.92. The first-order valence-electron chi connectivity index (χ1n) is 6.34. The molecule has 5 nitrogen and oxygen atoms in total. The molecule has 5 heteroatoms. The van der Waals surface area contributed by atoms with Crippen LogP contribution in [0, 0.1) is 0 Å². The van der Waals surface area contributed by atoms with Gasteiger partial charge in [-0.1, -0.05) is 5.16 Å². The third-order valence-electron chi connectivity index (χ3n) is 3.24. The van der Waals surface area contributed by atoms with Crippen molar-refractivity contribution in [2.24, 2.45) is 0 Å². The minimum absolute atomic E-state index is 0.373. The molecular weight excluding hydrogens is 228 g/mol. The molecule has 0 radical (unpaired) electrons. The van der Waals surface area contributed by atoms with Crippen molar-refractivity contribution >= 4 is 0 Å². The Labute approximate surface area is 106 Å². The van der Waals surface area contributed by atoms with Gasteiger partial charge in [0.25, 0.3) is 0 Å². The zero-order valence-corrected chi connectivity index (χ0v) is 10.2. The molecule has 1 aliphatic rings. The van der Waals surface area contributed by atoms with Gasteiger partial charge in [0.05, 0.1) is 5.92 Å². The zero-order valence-electron chi connectivity index (χ0n) is 10.2. The Balaban J connectivity index is 1.69. The molecule has 0 amide bonds. The summed E-state index contributed by atoms with van der Waals surface area (Å²) in [5.41, 5.74) is 1.15. The molecule has 0 aliphatic carbocycles. The molecule has 3 heterocycles. The van der Waals surface area contributed by atoms with E-state index in [0.29, 0.717) is 12.3 Å². The normalized spacial score (nSPS) is 19.9. The third-order valence-corrected chi connectivity index (χ3v) is 3.24. The highest BCUT2D eigenvalue weighted by Gasteiger charge is 2.21. The molecular formula is C13H16N4O. The summed E-state index contributed by atoms with van der Waals surface area (Å²) in [6, 6.07) is 3.94. The van der Waals surface area contributed by atoms with Crippen molar-refractivity contribution in [1.82, 2.24) is 20.4 Å². The molecule has 0 unspecified atom stereocenters. The number of nitrogens with zero attached hydrogens (tertiary/aromatic N) is 3. The number of hydrogen-bond acceptors (Lipinski definition) is 5. The number of nitrogens with one attached hydrogen (secondary N) is 1. The number of hydrogen-bond donors (Lipinski definition) is 1. The Morgan fingerprint density at radius 2 is 2.22 bits per heavy atom. The Hall–Kier alpha value is -1.75. The van der Waals surface area contributed by atoms with Gasteiger partial charge in [0.2, 0.25) is 5.89 Å². The molecule has 0 bridgehead atoms. The van der Waals surface area contributed by atoms with E-state index in [9.17, 15) is 0 Å². The van der Waals surface area contributed by atoms with Crippen LogP contribution in [-0.4, -0.2) is 28.2 Å². The third kappa shape index (κ3) is 2.56. The molecule has 2 aromatic heterocycles. The average Bonchev–Trinajstić information content (AvgIpc) is 2.89. The standard InChI is InChI=1S/C13H16N4O/c1-2-11(9-15-5-1)13-16-12(17-18-13)8-10-3-6-14-7-4-10/h3-4,6-7,11,15H,1-2,5,8-9H2/t11-/m0/s1. The van der Waals surface area contributed by atoms with E-state index >= 15 is 0 Å². The van der Waals surface area contributed by atoms with Crippen LogP contribution in [0.1, 0.15) is 36.0 Å². The second kappa shape index (κ2) is 5.27. The summed E-state index contributed by atoms with van der Waals surface area (Å²) in [7, 11) is 0. The highest BCUT2D eigenvalue weighted by molar-refractivity contribution is 5.15. The lowest BCUT2D eigenvalue weighted by Crippen LogP contribution is -2.28. The highest BCUT2D eigenvalue weighted by atomic mass is 16.5. The van der Waals surface area contributed by atoms with Crippen LogP contribution in [0.4, 0.5) is 0 Å². The van der Waals surface area contributed by atoms with Gasteiger partial charge in [-0.3, -0.25) is 4.98 Å². The van der Waals surface area contributed by atoms with Gasteiger partial charge in [0.1, 0.15) is 0 Å². The maximum atomic E-state index is 5.36. The zero-order chi connectivity index (χ0) is 12.2.